The molecule has 6 heteroatoms. The molecule has 1 unspecified atom stereocenters. The van der Waals surface area contributed by atoms with Crippen LogP contribution in [-0.2, 0) is 0 Å². The van der Waals surface area contributed by atoms with E-state index in [4.69, 9.17) is 4.42 Å². The zero-order valence-corrected chi connectivity index (χ0v) is 12.6. The highest BCUT2D eigenvalue weighted by molar-refractivity contribution is 5.96. The fourth-order valence-corrected chi connectivity index (χ4v) is 3.62. The molecule has 2 saturated heterocycles. The summed E-state index contributed by atoms with van der Waals surface area (Å²) in [5.74, 6) is 1.31. The standard InChI is InChI=1S/C16H20N4O2/c1-17-15-6-11-5-13(18-7-14(11)22-15)16(21)19-12-4-10-2-3-20(8-10)9-12/h5-7,10,12,17H,2-4,8-9H2,1H3,(H,19,21)/t10-,12+/m0/s1. The number of hydrogen-bond donors (Lipinski definition) is 2. The molecule has 3 atom stereocenters. The lowest BCUT2D eigenvalue weighted by atomic mass is 9.97. The minimum atomic E-state index is -0.0957. The molecule has 2 aliphatic rings. The van der Waals surface area contributed by atoms with E-state index in [9.17, 15) is 4.79 Å². The first-order valence-electron chi connectivity index (χ1n) is 7.82. The van der Waals surface area contributed by atoms with Gasteiger partial charge in [-0.25, -0.2) is 4.98 Å². The fourth-order valence-electron chi connectivity index (χ4n) is 3.62. The van der Waals surface area contributed by atoms with Crippen molar-refractivity contribution in [2.75, 3.05) is 32.0 Å². The van der Waals surface area contributed by atoms with Crippen molar-refractivity contribution < 1.29 is 9.21 Å². The van der Waals surface area contributed by atoms with Crippen LogP contribution in [0.4, 0.5) is 5.88 Å². The van der Waals surface area contributed by atoms with Crippen LogP contribution in [0.5, 0.6) is 0 Å². The van der Waals surface area contributed by atoms with Gasteiger partial charge in [0.2, 0.25) is 0 Å². The van der Waals surface area contributed by atoms with Gasteiger partial charge in [-0.1, -0.05) is 0 Å². The Kier molecular flexibility index (Phi) is 3.26. The Balaban J connectivity index is 1.50. The molecule has 2 aromatic rings. The highest BCUT2D eigenvalue weighted by atomic mass is 16.3. The first-order valence-corrected chi connectivity index (χ1v) is 7.82. The van der Waals surface area contributed by atoms with Gasteiger partial charge in [0.15, 0.2) is 11.5 Å². The van der Waals surface area contributed by atoms with E-state index in [1.807, 2.05) is 6.07 Å². The maximum absolute atomic E-state index is 12.4. The van der Waals surface area contributed by atoms with Gasteiger partial charge < -0.3 is 20.0 Å². The fraction of sp³-hybridized carbons (Fsp3) is 0.500. The number of nitrogens with zero attached hydrogens (tertiary/aromatic N) is 2. The summed E-state index contributed by atoms with van der Waals surface area (Å²) < 4.78 is 5.53. The molecule has 4 rings (SSSR count). The number of pyridine rings is 1. The lowest BCUT2D eigenvalue weighted by Crippen LogP contribution is -2.47. The highest BCUT2D eigenvalue weighted by Crippen LogP contribution is 2.27. The van der Waals surface area contributed by atoms with E-state index in [1.165, 1.54) is 19.5 Å². The summed E-state index contributed by atoms with van der Waals surface area (Å²) in [5, 5.41) is 6.97. The van der Waals surface area contributed by atoms with Gasteiger partial charge >= 0.3 is 0 Å². The van der Waals surface area contributed by atoms with Gasteiger partial charge in [0.05, 0.1) is 6.20 Å². The Bertz CT molecular complexity index is 699. The quantitative estimate of drug-likeness (QED) is 0.903. The Labute approximate surface area is 128 Å². The summed E-state index contributed by atoms with van der Waals surface area (Å²) in [5.41, 5.74) is 1.13. The number of carbonyl (C=O) groups excluding carboxylic acids is 1. The molecule has 2 bridgehead atoms. The average Bonchev–Trinajstić information content (AvgIpc) is 3.09. The maximum atomic E-state index is 12.4. The Morgan fingerprint density at radius 1 is 1.41 bits per heavy atom. The van der Waals surface area contributed by atoms with Crippen LogP contribution in [0, 0.1) is 5.92 Å². The van der Waals surface area contributed by atoms with E-state index >= 15 is 0 Å². The van der Waals surface area contributed by atoms with Gasteiger partial charge in [-0.3, -0.25) is 4.79 Å². The third-order valence-corrected chi connectivity index (χ3v) is 4.68. The second kappa shape index (κ2) is 5.28. The molecule has 4 heterocycles. The summed E-state index contributed by atoms with van der Waals surface area (Å²) in [6.45, 7) is 3.32. The van der Waals surface area contributed by atoms with Crippen molar-refractivity contribution in [3.8, 4) is 0 Å². The maximum Gasteiger partial charge on any atom is 0.270 e. The number of nitrogens with one attached hydrogen (secondary N) is 2. The summed E-state index contributed by atoms with van der Waals surface area (Å²) in [6.07, 6.45) is 3.96. The Morgan fingerprint density at radius 3 is 3.14 bits per heavy atom. The topological polar surface area (TPSA) is 70.4 Å². The van der Waals surface area contributed by atoms with E-state index in [2.05, 4.69) is 20.5 Å². The average molecular weight is 300 g/mol. The molecule has 0 aliphatic carbocycles. The van der Waals surface area contributed by atoms with Crippen LogP contribution < -0.4 is 10.6 Å². The van der Waals surface area contributed by atoms with Crippen molar-refractivity contribution in [1.29, 1.82) is 0 Å². The van der Waals surface area contributed by atoms with Crippen LogP contribution in [0.1, 0.15) is 23.3 Å². The lowest BCUT2D eigenvalue weighted by molar-refractivity contribution is 0.0904. The minimum Gasteiger partial charge on any atom is -0.439 e. The zero-order chi connectivity index (χ0) is 15.1. The molecule has 6 nitrogen and oxygen atoms in total. The van der Waals surface area contributed by atoms with Crippen LogP contribution in [0.15, 0.2) is 22.7 Å². The van der Waals surface area contributed by atoms with Crippen molar-refractivity contribution in [3.05, 3.63) is 24.0 Å². The monoisotopic (exact) mass is 300 g/mol. The second-order valence-corrected chi connectivity index (χ2v) is 6.29. The van der Waals surface area contributed by atoms with Gasteiger partial charge in [-0.15, -0.1) is 0 Å². The smallest absolute Gasteiger partial charge is 0.270 e. The lowest BCUT2D eigenvalue weighted by Gasteiger charge is -2.30. The molecule has 0 radical (unpaired) electrons. The molecular formula is C16H20N4O2. The molecular weight excluding hydrogens is 280 g/mol. The summed E-state index contributed by atoms with van der Waals surface area (Å²) >= 11 is 0. The number of hydrogen-bond acceptors (Lipinski definition) is 5. The van der Waals surface area contributed by atoms with Crippen molar-refractivity contribution in [1.82, 2.24) is 15.2 Å². The molecule has 2 fully saturated rings. The number of anilines is 1. The first kappa shape index (κ1) is 13.6. The van der Waals surface area contributed by atoms with Crippen LogP contribution in [0.25, 0.3) is 11.0 Å². The van der Waals surface area contributed by atoms with Gasteiger partial charge in [-0.05, 0) is 31.4 Å². The minimum absolute atomic E-state index is 0.0957. The summed E-state index contributed by atoms with van der Waals surface area (Å²) in [4.78, 5) is 19.1. The van der Waals surface area contributed by atoms with Gasteiger partial charge in [0.1, 0.15) is 5.69 Å². The molecule has 0 spiro atoms. The predicted octanol–water partition coefficient (Wildman–Crippen LogP) is 1.69. The molecule has 2 aromatic heterocycles. The number of furan rings is 1. The SMILES string of the molecule is CNc1cc2cc(C(=O)N[C@@H]3C[C@@H]4CCN(C4)C3)ncc2o1. The molecule has 2 N–H and O–H groups in total. The molecule has 0 aromatic carbocycles. The van der Waals surface area contributed by atoms with Crippen LogP contribution in [0.3, 0.4) is 0 Å². The third kappa shape index (κ3) is 2.43. The molecule has 116 valence electrons. The Hall–Kier alpha value is -2.08. The van der Waals surface area contributed by atoms with Crippen molar-refractivity contribution in [2.24, 2.45) is 5.92 Å². The van der Waals surface area contributed by atoms with E-state index < -0.39 is 0 Å². The number of amides is 1. The van der Waals surface area contributed by atoms with Crippen molar-refractivity contribution in [3.63, 3.8) is 0 Å². The van der Waals surface area contributed by atoms with E-state index in [0.29, 0.717) is 17.2 Å². The zero-order valence-electron chi connectivity index (χ0n) is 12.6. The van der Waals surface area contributed by atoms with Gasteiger partial charge in [0, 0.05) is 37.6 Å². The van der Waals surface area contributed by atoms with E-state index in [1.54, 1.807) is 19.3 Å². The van der Waals surface area contributed by atoms with E-state index in [-0.39, 0.29) is 11.9 Å². The number of rotatable bonds is 3. The first-order chi connectivity index (χ1) is 10.7. The van der Waals surface area contributed by atoms with Crippen LogP contribution in [0.2, 0.25) is 0 Å². The van der Waals surface area contributed by atoms with Crippen LogP contribution in [-0.4, -0.2) is 48.5 Å². The number of carbonyl (C=O) groups is 1. The molecule has 2 aliphatic heterocycles. The van der Waals surface area contributed by atoms with E-state index in [0.717, 1.165) is 24.3 Å². The summed E-state index contributed by atoms with van der Waals surface area (Å²) in [6, 6.07) is 3.90. The van der Waals surface area contributed by atoms with Crippen molar-refractivity contribution in [2.45, 2.75) is 18.9 Å². The molecule has 0 saturated carbocycles. The highest BCUT2D eigenvalue weighted by Gasteiger charge is 2.33. The summed E-state index contributed by atoms with van der Waals surface area (Å²) in [7, 11) is 1.80. The second-order valence-electron chi connectivity index (χ2n) is 6.29. The normalized spacial score (nSPS) is 27.0. The predicted molar refractivity (Wildman–Crippen MR) is 84.0 cm³/mol. The number of aromatic nitrogens is 1. The number of fused-ring (bicyclic) bond motifs is 3. The van der Waals surface area contributed by atoms with Gasteiger partial charge in [0.25, 0.3) is 5.91 Å². The van der Waals surface area contributed by atoms with Crippen molar-refractivity contribution >= 4 is 22.8 Å². The number of piperidine rings is 1. The van der Waals surface area contributed by atoms with Crippen LogP contribution >= 0.6 is 0 Å². The van der Waals surface area contributed by atoms with Gasteiger partial charge in [-0.2, -0.15) is 0 Å². The molecule has 1 amide bonds. The molecule has 22 heavy (non-hydrogen) atoms. The third-order valence-electron chi connectivity index (χ3n) is 4.68. The largest absolute Gasteiger partial charge is 0.439 e. The Morgan fingerprint density at radius 2 is 2.32 bits per heavy atom.